The summed E-state index contributed by atoms with van der Waals surface area (Å²) in [5, 5.41) is 3.01. The zero-order valence-corrected chi connectivity index (χ0v) is 19.0. The Labute approximate surface area is 192 Å². The second kappa shape index (κ2) is 9.56. The van der Waals surface area contributed by atoms with E-state index in [9.17, 15) is 4.79 Å². The van der Waals surface area contributed by atoms with Crippen LogP contribution in [-0.4, -0.2) is 38.8 Å². The zero-order chi connectivity index (χ0) is 23.4. The molecule has 0 spiro atoms. The van der Waals surface area contributed by atoms with Gasteiger partial charge in [0.15, 0.2) is 11.5 Å². The van der Waals surface area contributed by atoms with Crippen LogP contribution in [0.5, 0.6) is 17.2 Å². The zero-order valence-electron chi connectivity index (χ0n) is 19.0. The highest BCUT2D eigenvalue weighted by Crippen LogP contribution is 2.37. The summed E-state index contributed by atoms with van der Waals surface area (Å²) in [4.78, 5) is 22.9. The quantitative estimate of drug-likeness (QED) is 0.597. The molecule has 1 aliphatic heterocycles. The molecule has 33 heavy (non-hydrogen) atoms. The van der Waals surface area contributed by atoms with Gasteiger partial charge in [0, 0.05) is 5.71 Å². The minimum atomic E-state index is -0.407. The number of para-hydroxylation sites is 3. The summed E-state index contributed by atoms with van der Waals surface area (Å²) < 4.78 is 16.3. The van der Waals surface area contributed by atoms with Gasteiger partial charge in [-0.3, -0.25) is 9.79 Å². The van der Waals surface area contributed by atoms with Crippen molar-refractivity contribution < 1.29 is 19.0 Å². The Hall–Kier alpha value is -4.13. The van der Waals surface area contributed by atoms with Crippen molar-refractivity contribution >= 4 is 28.8 Å². The lowest BCUT2D eigenvalue weighted by Gasteiger charge is -2.21. The van der Waals surface area contributed by atoms with E-state index in [1.807, 2.05) is 55.5 Å². The number of ether oxygens (including phenoxy) is 3. The summed E-state index contributed by atoms with van der Waals surface area (Å²) in [6.45, 7) is 1.92. The molecule has 1 aliphatic rings. The first-order valence-electron chi connectivity index (χ1n) is 10.4. The Kier molecular flexibility index (Phi) is 6.40. The van der Waals surface area contributed by atoms with Crippen molar-refractivity contribution in [3.63, 3.8) is 0 Å². The van der Waals surface area contributed by atoms with Crippen LogP contribution in [0.25, 0.3) is 0 Å². The smallest absolute Gasteiger partial charge is 0.260 e. The van der Waals surface area contributed by atoms with Crippen molar-refractivity contribution in [1.82, 2.24) is 5.32 Å². The molecule has 0 saturated heterocycles. The Balaban J connectivity index is 1.82. The SMILES string of the molecule is COc1ccc([C@@H]2C(C)=Nc3ccccc3N=C2NC(=O)c2ccccc2OC)cc1OC. The maximum Gasteiger partial charge on any atom is 0.260 e. The van der Waals surface area contributed by atoms with E-state index in [1.54, 1.807) is 32.4 Å². The number of benzene rings is 3. The molecule has 168 valence electrons. The van der Waals surface area contributed by atoms with E-state index in [2.05, 4.69) is 5.32 Å². The standard InChI is InChI=1S/C26H25N3O4/c1-16-24(17-13-14-22(32-3)23(15-17)33-4)25(28-20-11-7-6-10-19(20)27-16)29-26(30)18-9-5-8-12-21(18)31-2/h5-15,24H,1-4H3,(H,28,29,30)/t24-/m0/s1. The molecule has 0 fully saturated rings. The first-order valence-corrected chi connectivity index (χ1v) is 10.4. The van der Waals surface area contributed by atoms with E-state index < -0.39 is 5.92 Å². The molecule has 1 heterocycles. The lowest BCUT2D eigenvalue weighted by molar-refractivity contribution is 0.0973. The van der Waals surface area contributed by atoms with E-state index in [0.717, 1.165) is 17.0 Å². The number of carbonyl (C=O) groups excluding carboxylic acids is 1. The molecule has 3 aromatic carbocycles. The lowest BCUT2D eigenvalue weighted by atomic mass is 9.92. The van der Waals surface area contributed by atoms with Crippen molar-refractivity contribution in [3.05, 3.63) is 77.9 Å². The van der Waals surface area contributed by atoms with Gasteiger partial charge in [-0.05, 0) is 48.9 Å². The van der Waals surface area contributed by atoms with E-state index in [1.165, 1.54) is 7.11 Å². The van der Waals surface area contributed by atoms with Crippen LogP contribution < -0.4 is 19.5 Å². The first kappa shape index (κ1) is 22.1. The van der Waals surface area contributed by atoms with E-state index >= 15 is 0 Å². The number of rotatable bonds is 5. The molecule has 0 aliphatic carbocycles. The number of fused-ring (bicyclic) bond motifs is 1. The van der Waals surface area contributed by atoms with Gasteiger partial charge in [-0.25, -0.2) is 4.99 Å². The average Bonchev–Trinajstić information content (AvgIpc) is 2.98. The van der Waals surface area contributed by atoms with Gasteiger partial charge >= 0.3 is 0 Å². The first-order chi connectivity index (χ1) is 16.0. The third-order valence-electron chi connectivity index (χ3n) is 5.44. The summed E-state index contributed by atoms with van der Waals surface area (Å²) >= 11 is 0. The largest absolute Gasteiger partial charge is 0.496 e. The number of amides is 1. The van der Waals surface area contributed by atoms with Crippen LogP contribution in [0.2, 0.25) is 0 Å². The molecule has 4 rings (SSSR count). The van der Waals surface area contributed by atoms with Gasteiger partial charge < -0.3 is 19.5 Å². The number of nitrogens with zero attached hydrogens (tertiary/aromatic N) is 2. The molecule has 0 unspecified atom stereocenters. The number of hydrogen-bond acceptors (Lipinski definition) is 6. The van der Waals surface area contributed by atoms with Gasteiger partial charge in [-0.15, -0.1) is 0 Å². The summed E-state index contributed by atoms with van der Waals surface area (Å²) in [7, 11) is 4.71. The van der Waals surface area contributed by atoms with Crippen molar-refractivity contribution in [3.8, 4) is 17.2 Å². The Morgan fingerprint density at radius 1 is 0.788 bits per heavy atom. The minimum Gasteiger partial charge on any atom is -0.496 e. The number of methoxy groups -OCH3 is 3. The molecule has 0 radical (unpaired) electrons. The Bertz CT molecular complexity index is 1250. The van der Waals surface area contributed by atoms with Gasteiger partial charge in [0.05, 0.1) is 44.2 Å². The number of hydrogen-bond donors (Lipinski definition) is 1. The Morgan fingerprint density at radius 3 is 2.12 bits per heavy atom. The molecule has 0 saturated carbocycles. The number of nitrogens with one attached hydrogen (secondary N) is 1. The lowest BCUT2D eigenvalue weighted by Crippen LogP contribution is -2.37. The van der Waals surface area contributed by atoms with E-state index in [4.69, 9.17) is 24.2 Å². The maximum absolute atomic E-state index is 13.3. The van der Waals surface area contributed by atoms with E-state index in [0.29, 0.717) is 34.3 Å². The van der Waals surface area contributed by atoms with Crippen LogP contribution in [0.4, 0.5) is 11.4 Å². The van der Waals surface area contributed by atoms with Crippen molar-refractivity contribution in [2.45, 2.75) is 12.8 Å². The third-order valence-corrected chi connectivity index (χ3v) is 5.44. The van der Waals surface area contributed by atoms with Gasteiger partial charge in [0.1, 0.15) is 11.6 Å². The van der Waals surface area contributed by atoms with Crippen LogP contribution in [0.1, 0.15) is 28.8 Å². The molecule has 0 aromatic heterocycles. The van der Waals surface area contributed by atoms with Gasteiger partial charge in [-0.1, -0.05) is 30.3 Å². The number of amidine groups is 1. The summed E-state index contributed by atoms with van der Waals surface area (Å²) in [5.41, 5.74) is 3.48. The molecule has 1 atom stereocenters. The van der Waals surface area contributed by atoms with Crippen molar-refractivity contribution in [2.75, 3.05) is 21.3 Å². The van der Waals surface area contributed by atoms with Gasteiger partial charge in [0.2, 0.25) is 0 Å². The van der Waals surface area contributed by atoms with Crippen molar-refractivity contribution in [1.29, 1.82) is 0 Å². The van der Waals surface area contributed by atoms with Gasteiger partial charge in [-0.2, -0.15) is 0 Å². The molecular formula is C26H25N3O4. The highest BCUT2D eigenvalue weighted by molar-refractivity contribution is 6.19. The Morgan fingerprint density at radius 2 is 1.42 bits per heavy atom. The summed E-state index contributed by atoms with van der Waals surface area (Å²) in [5.74, 6) is 1.42. The fourth-order valence-corrected chi connectivity index (χ4v) is 3.85. The molecule has 3 aromatic rings. The van der Waals surface area contributed by atoms with Crippen LogP contribution in [0, 0.1) is 0 Å². The van der Waals surface area contributed by atoms with Crippen LogP contribution in [-0.2, 0) is 0 Å². The van der Waals surface area contributed by atoms with E-state index in [-0.39, 0.29) is 5.91 Å². The van der Waals surface area contributed by atoms with Gasteiger partial charge in [0.25, 0.3) is 5.91 Å². The normalized spacial score (nSPS) is 14.8. The summed E-state index contributed by atoms with van der Waals surface area (Å²) in [6, 6.07) is 20.3. The van der Waals surface area contributed by atoms with Crippen LogP contribution in [0.3, 0.4) is 0 Å². The molecular weight excluding hydrogens is 418 g/mol. The molecule has 7 nitrogen and oxygen atoms in total. The average molecular weight is 444 g/mol. The number of aliphatic imine (C=N–C) groups is 2. The summed E-state index contributed by atoms with van der Waals surface area (Å²) in [6.07, 6.45) is 0. The molecule has 1 N–H and O–H groups in total. The number of carbonyl (C=O) groups is 1. The third kappa shape index (κ3) is 4.43. The van der Waals surface area contributed by atoms with Crippen molar-refractivity contribution in [2.24, 2.45) is 9.98 Å². The predicted octanol–water partition coefficient (Wildman–Crippen LogP) is 5.06. The topological polar surface area (TPSA) is 81.5 Å². The maximum atomic E-state index is 13.3. The minimum absolute atomic E-state index is 0.316. The predicted molar refractivity (Wildman–Crippen MR) is 129 cm³/mol. The fraction of sp³-hybridized carbons (Fsp3) is 0.192. The molecule has 1 amide bonds. The highest BCUT2D eigenvalue weighted by Gasteiger charge is 2.28. The monoisotopic (exact) mass is 443 g/mol. The highest BCUT2D eigenvalue weighted by atomic mass is 16.5. The fourth-order valence-electron chi connectivity index (χ4n) is 3.85. The van der Waals surface area contributed by atoms with Crippen LogP contribution in [0.15, 0.2) is 76.7 Å². The second-order valence-electron chi connectivity index (χ2n) is 7.44. The second-order valence-corrected chi connectivity index (χ2v) is 7.44. The molecule has 7 heteroatoms. The van der Waals surface area contributed by atoms with Crippen LogP contribution >= 0.6 is 0 Å². The molecule has 0 bridgehead atoms.